The molecule has 1 fully saturated rings. The van der Waals surface area contributed by atoms with Crippen LogP contribution in [-0.2, 0) is 0 Å². The van der Waals surface area contributed by atoms with E-state index >= 15 is 0 Å². The first-order valence-corrected chi connectivity index (χ1v) is 7.80. The molecule has 0 radical (unpaired) electrons. The van der Waals surface area contributed by atoms with Gasteiger partial charge in [-0.2, -0.15) is 0 Å². The average molecular weight is 275 g/mol. The Morgan fingerprint density at radius 3 is 2.75 bits per heavy atom. The lowest BCUT2D eigenvalue weighted by Crippen LogP contribution is -2.27. The largest absolute Gasteiger partial charge is 0.371 e. The molecule has 1 N–H and O–H groups in total. The van der Waals surface area contributed by atoms with Crippen LogP contribution in [0, 0.1) is 0 Å². The minimum absolute atomic E-state index is 0.0601. The molecule has 0 aliphatic carbocycles. The van der Waals surface area contributed by atoms with Crippen LogP contribution in [0.2, 0.25) is 0 Å². The highest BCUT2D eigenvalue weighted by Gasteiger charge is 2.13. The smallest absolute Gasteiger partial charge is 0.269 e. The number of nitrogens with zero attached hydrogens (tertiary/aromatic N) is 2. The number of carbonyl (C=O) groups is 1. The SMILES string of the molecule is CCCCNC(=O)c1cc(N2CCCCCC2)ccn1. The summed E-state index contributed by atoms with van der Waals surface area (Å²) in [5.41, 5.74) is 1.66. The molecule has 1 aromatic rings. The van der Waals surface area contributed by atoms with E-state index in [1.165, 1.54) is 25.7 Å². The molecule has 4 nitrogen and oxygen atoms in total. The van der Waals surface area contributed by atoms with Gasteiger partial charge in [-0.05, 0) is 31.4 Å². The van der Waals surface area contributed by atoms with Crippen molar-refractivity contribution in [2.24, 2.45) is 0 Å². The average Bonchev–Trinajstić information content (AvgIpc) is 2.76. The third-order valence-corrected chi connectivity index (χ3v) is 3.76. The van der Waals surface area contributed by atoms with Crippen LogP contribution in [0.15, 0.2) is 18.3 Å². The van der Waals surface area contributed by atoms with Gasteiger partial charge < -0.3 is 10.2 Å². The Morgan fingerprint density at radius 2 is 2.05 bits per heavy atom. The fourth-order valence-corrected chi connectivity index (χ4v) is 2.54. The quantitative estimate of drug-likeness (QED) is 0.840. The highest BCUT2D eigenvalue weighted by atomic mass is 16.1. The number of carbonyl (C=O) groups excluding carboxylic acids is 1. The first-order chi connectivity index (χ1) is 9.81. The standard InChI is InChI=1S/C16H25N3O/c1-2-3-9-18-16(20)15-13-14(8-10-17-15)19-11-6-4-5-7-12-19/h8,10,13H,2-7,9,11-12H2,1H3,(H,18,20). The Bertz CT molecular complexity index is 425. The van der Waals surface area contributed by atoms with Crippen LogP contribution in [0.25, 0.3) is 0 Å². The molecule has 0 aromatic carbocycles. The van der Waals surface area contributed by atoms with E-state index in [1.807, 2.05) is 12.1 Å². The number of unbranched alkanes of at least 4 members (excludes halogenated alkanes) is 1. The van der Waals surface area contributed by atoms with Crippen LogP contribution in [0.1, 0.15) is 55.9 Å². The third kappa shape index (κ3) is 4.22. The molecule has 110 valence electrons. The van der Waals surface area contributed by atoms with E-state index in [9.17, 15) is 4.79 Å². The summed E-state index contributed by atoms with van der Waals surface area (Å²) in [6, 6.07) is 3.93. The second-order valence-electron chi connectivity index (χ2n) is 5.41. The van der Waals surface area contributed by atoms with Crippen molar-refractivity contribution in [3.63, 3.8) is 0 Å². The summed E-state index contributed by atoms with van der Waals surface area (Å²) < 4.78 is 0. The highest BCUT2D eigenvalue weighted by molar-refractivity contribution is 5.93. The lowest BCUT2D eigenvalue weighted by molar-refractivity contribution is 0.0948. The van der Waals surface area contributed by atoms with Crippen LogP contribution in [-0.4, -0.2) is 30.5 Å². The lowest BCUT2D eigenvalue weighted by Gasteiger charge is -2.22. The van der Waals surface area contributed by atoms with Gasteiger partial charge in [0.1, 0.15) is 5.69 Å². The molecule has 1 aliphatic rings. The molecule has 0 spiro atoms. The maximum absolute atomic E-state index is 12.0. The normalized spacial score (nSPS) is 15.8. The number of aromatic nitrogens is 1. The van der Waals surface area contributed by atoms with Crippen molar-refractivity contribution in [3.8, 4) is 0 Å². The predicted molar refractivity (Wildman–Crippen MR) is 82.2 cm³/mol. The number of hydrogen-bond acceptors (Lipinski definition) is 3. The molecule has 2 heterocycles. The van der Waals surface area contributed by atoms with Gasteiger partial charge in [-0.15, -0.1) is 0 Å². The molecule has 1 amide bonds. The number of anilines is 1. The van der Waals surface area contributed by atoms with Gasteiger partial charge in [-0.1, -0.05) is 26.2 Å². The molecular formula is C16H25N3O. The fraction of sp³-hybridized carbons (Fsp3) is 0.625. The maximum Gasteiger partial charge on any atom is 0.269 e. The van der Waals surface area contributed by atoms with E-state index in [1.54, 1.807) is 6.20 Å². The zero-order chi connectivity index (χ0) is 14.2. The van der Waals surface area contributed by atoms with Crippen LogP contribution in [0.4, 0.5) is 5.69 Å². The van der Waals surface area contributed by atoms with Gasteiger partial charge in [0.05, 0.1) is 0 Å². The number of pyridine rings is 1. The molecule has 20 heavy (non-hydrogen) atoms. The molecule has 0 unspecified atom stereocenters. The van der Waals surface area contributed by atoms with Crippen LogP contribution in [0.5, 0.6) is 0 Å². The molecule has 0 atom stereocenters. The number of rotatable bonds is 5. The molecular weight excluding hydrogens is 250 g/mol. The van der Waals surface area contributed by atoms with E-state index in [4.69, 9.17) is 0 Å². The van der Waals surface area contributed by atoms with Crippen molar-refractivity contribution in [1.29, 1.82) is 0 Å². The molecule has 0 saturated carbocycles. The van der Waals surface area contributed by atoms with E-state index in [0.717, 1.165) is 38.2 Å². The minimum Gasteiger partial charge on any atom is -0.371 e. The van der Waals surface area contributed by atoms with E-state index in [-0.39, 0.29) is 5.91 Å². The van der Waals surface area contributed by atoms with E-state index in [0.29, 0.717) is 5.69 Å². The zero-order valence-electron chi connectivity index (χ0n) is 12.4. The lowest BCUT2D eigenvalue weighted by atomic mass is 10.2. The fourth-order valence-electron chi connectivity index (χ4n) is 2.54. The molecule has 1 aliphatic heterocycles. The van der Waals surface area contributed by atoms with Gasteiger partial charge in [0.15, 0.2) is 0 Å². The summed E-state index contributed by atoms with van der Waals surface area (Å²) in [4.78, 5) is 18.6. The first kappa shape index (κ1) is 14.8. The summed E-state index contributed by atoms with van der Waals surface area (Å²) in [5.74, 6) is -0.0601. The molecule has 0 bridgehead atoms. The zero-order valence-corrected chi connectivity index (χ0v) is 12.4. The van der Waals surface area contributed by atoms with Crippen molar-refractivity contribution in [2.45, 2.75) is 45.4 Å². The van der Waals surface area contributed by atoms with Gasteiger partial charge in [0.2, 0.25) is 0 Å². The van der Waals surface area contributed by atoms with Gasteiger partial charge in [-0.25, -0.2) is 0 Å². The number of nitrogens with one attached hydrogen (secondary N) is 1. The Balaban J connectivity index is 2.01. The van der Waals surface area contributed by atoms with Crippen molar-refractivity contribution in [1.82, 2.24) is 10.3 Å². The topological polar surface area (TPSA) is 45.2 Å². The number of amides is 1. The summed E-state index contributed by atoms with van der Waals surface area (Å²) in [7, 11) is 0. The minimum atomic E-state index is -0.0601. The molecule has 4 heteroatoms. The van der Waals surface area contributed by atoms with Crippen LogP contribution >= 0.6 is 0 Å². The monoisotopic (exact) mass is 275 g/mol. The van der Waals surface area contributed by atoms with Crippen LogP contribution < -0.4 is 10.2 Å². The van der Waals surface area contributed by atoms with Crippen molar-refractivity contribution in [2.75, 3.05) is 24.5 Å². The summed E-state index contributed by atoms with van der Waals surface area (Å²) >= 11 is 0. The summed E-state index contributed by atoms with van der Waals surface area (Å²) in [5, 5.41) is 2.92. The molecule has 1 saturated heterocycles. The van der Waals surface area contributed by atoms with Gasteiger partial charge >= 0.3 is 0 Å². The summed E-state index contributed by atoms with van der Waals surface area (Å²) in [6.45, 7) is 5.01. The maximum atomic E-state index is 12.0. The highest BCUT2D eigenvalue weighted by Crippen LogP contribution is 2.19. The Morgan fingerprint density at radius 1 is 1.30 bits per heavy atom. The molecule has 1 aromatic heterocycles. The second kappa shape index (κ2) is 7.88. The third-order valence-electron chi connectivity index (χ3n) is 3.76. The van der Waals surface area contributed by atoms with Crippen molar-refractivity contribution >= 4 is 11.6 Å². The van der Waals surface area contributed by atoms with Crippen molar-refractivity contribution in [3.05, 3.63) is 24.0 Å². The van der Waals surface area contributed by atoms with Gasteiger partial charge in [0, 0.05) is 31.5 Å². The van der Waals surface area contributed by atoms with Gasteiger partial charge in [-0.3, -0.25) is 9.78 Å². The van der Waals surface area contributed by atoms with E-state index in [2.05, 4.69) is 22.1 Å². The predicted octanol–water partition coefficient (Wildman–Crippen LogP) is 2.99. The van der Waals surface area contributed by atoms with Crippen molar-refractivity contribution < 1.29 is 4.79 Å². The molecule has 2 rings (SSSR count). The van der Waals surface area contributed by atoms with Crippen LogP contribution in [0.3, 0.4) is 0 Å². The Kier molecular flexibility index (Phi) is 5.84. The first-order valence-electron chi connectivity index (χ1n) is 7.80. The number of hydrogen-bond donors (Lipinski definition) is 1. The second-order valence-corrected chi connectivity index (χ2v) is 5.41. The van der Waals surface area contributed by atoms with Gasteiger partial charge in [0.25, 0.3) is 5.91 Å². The Labute approximate surface area is 121 Å². The van der Waals surface area contributed by atoms with E-state index < -0.39 is 0 Å². The Hall–Kier alpha value is -1.58. The summed E-state index contributed by atoms with van der Waals surface area (Å²) in [6.07, 6.45) is 8.94.